The molecular formula is C52H96O15. The normalized spacial score (nSPS) is 25.4. The van der Waals surface area contributed by atoms with Crippen molar-refractivity contribution in [1.82, 2.24) is 0 Å². The lowest BCUT2D eigenvalue weighted by molar-refractivity contribution is -0.359. The van der Waals surface area contributed by atoms with E-state index in [1.54, 1.807) is 0 Å². The van der Waals surface area contributed by atoms with Crippen LogP contribution in [0.1, 0.15) is 206 Å². The lowest BCUT2D eigenvalue weighted by Gasteiger charge is -2.45. The van der Waals surface area contributed by atoms with Crippen molar-refractivity contribution in [2.24, 2.45) is 0 Å². The molecule has 2 saturated heterocycles. The first-order chi connectivity index (χ1) is 32.5. The molecule has 2 rings (SSSR count). The van der Waals surface area contributed by atoms with Crippen molar-refractivity contribution >= 4 is 11.9 Å². The number of carbonyl (C=O) groups is 2. The van der Waals surface area contributed by atoms with Crippen molar-refractivity contribution in [3.63, 3.8) is 0 Å². The van der Waals surface area contributed by atoms with Crippen LogP contribution in [-0.2, 0) is 33.3 Å². The molecule has 0 aliphatic carbocycles. The second-order valence-corrected chi connectivity index (χ2v) is 18.4. The van der Waals surface area contributed by atoms with Gasteiger partial charge in [-0.15, -0.1) is 0 Å². The molecule has 10 unspecified atom stereocenters. The molecule has 0 aromatic rings. The van der Waals surface area contributed by atoms with E-state index in [1.807, 2.05) is 0 Å². The van der Waals surface area contributed by atoms with E-state index in [2.05, 4.69) is 38.2 Å². The highest BCUT2D eigenvalue weighted by atomic mass is 16.7. The fourth-order valence-corrected chi connectivity index (χ4v) is 8.07. The van der Waals surface area contributed by atoms with Gasteiger partial charge in [-0.2, -0.15) is 0 Å². The van der Waals surface area contributed by atoms with Crippen LogP contribution in [0.4, 0.5) is 0 Å². The molecule has 0 amide bonds. The van der Waals surface area contributed by atoms with Gasteiger partial charge in [0.05, 0.1) is 26.4 Å². The van der Waals surface area contributed by atoms with Crippen molar-refractivity contribution in [1.29, 1.82) is 0 Å². The fourth-order valence-electron chi connectivity index (χ4n) is 8.07. The Morgan fingerprint density at radius 1 is 0.463 bits per heavy atom. The van der Waals surface area contributed by atoms with Gasteiger partial charge in [0, 0.05) is 19.3 Å². The van der Waals surface area contributed by atoms with Crippen molar-refractivity contribution in [3.05, 3.63) is 24.3 Å². The Kier molecular flexibility index (Phi) is 40.3. The number of hydrogen-bond acceptors (Lipinski definition) is 14. The molecule has 0 saturated carbocycles. The van der Waals surface area contributed by atoms with Crippen LogP contribution in [0.3, 0.4) is 0 Å². The number of allylic oxidation sites excluding steroid dienone is 4. The van der Waals surface area contributed by atoms with E-state index in [4.69, 9.17) is 28.8 Å². The number of carboxylic acid groups (broad SMARTS) is 1. The van der Waals surface area contributed by atoms with Crippen LogP contribution in [-0.4, -0.2) is 141 Å². The van der Waals surface area contributed by atoms with Crippen molar-refractivity contribution in [3.8, 4) is 0 Å². The van der Waals surface area contributed by atoms with Gasteiger partial charge in [0.1, 0.15) is 48.8 Å². The smallest absolute Gasteiger partial charge is 0.305 e. The van der Waals surface area contributed by atoms with Gasteiger partial charge in [-0.3, -0.25) is 9.59 Å². The van der Waals surface area contributed by atoms with Gasteiger partial charge < -0.3 is 64.5 Å². The molecule has 2 heterocycles. The molecular weight excluding hydrogens is 865 g/mol. The second kappa shape index (κ2) is 42.8. The standard InChI is InChI=1S/C33H60O13.C19H36O2/c1-2-3-4-5-6-7-8-9-10-11-12-13-14-15-16-18-25(36)42-19-17-20-43-32-30(41)28(39)31(24(22-35)45-32)46-33-29(40)27(38)26(37)23(21-34)44-33;1-2-3-4-5-6-7-8-9-10-11-12-13-14-15-16-17-18-19(20)21/h9-10,23-24,26-35,37-41H,2-8,11-22H2,1H3;9-10H,2-8,11-18H2,1H3,(H,20,21). The van der Waals surface area contributed by atoms with Crippen LogP contribution in [0.25, 0.3) is 0 Å². The number of ether oxygens (including phenoxy) is 5. The minimum absolute atomic E-state index is 0.0332. The first kappa shape index (κ1) is 63.0. The lowest BCUT2D eigenvalue weighted by Crippen LogP contribution is -2.64. The number of aliphatic carboxylic acids is 1. The van der Waals surface area contributed by atoms with Crippen LogP contribution in [0, 0.1) is 0 Å². The zero-order chi connectivity index (χ0) is 49.3. The molecule has 0 spiro atoms. The first-order valence-electron chi connectivity index (χ1n) is 26.4. The van der Waals surface area contributed by atoms with E-state index in [0.29, 0.717) is 19.3 Å². The summed E-state index contributed by atoms with van der Waals surface area (Å²) in [5, 5.41) is 79.0. The summed E-state index contributed by atoms with van der Waals surface area (Å²) in [5.74, 6) is -0.943. The summed E-state index contributed by atoms with van der Waals surface area (Å²) in [6.07, 6.45) is 28.3. The number of unbranched alkanes of at least 4 members (excludes halogenated alkanes) is 23. The number of carbonyl (C=O) groups excluding carboxylic acids is 1. The summed E-state index contributed by atoms with van der Waals surface area (Å²) in [6, 6.07) is 0. The average Bonchev–Trinajstić information content (AvgIpc) is 3.32. The molecule has 10 atom stereocenters. The summed E-state index contributed by atoms with van der Waals surface area (Å²) in [5.41, 5.74) is 0. The number of aliphatic hydroxyl groups excluding tert-OH is 7. The Morgan fingerprint density at radius 2 is 0.881 bits per heavy atom. The van der Waals surface area contributed by atoms with E-state index in [1.165, 1.54) is 128 Å². The molecule has 2 aliphatic rings. The quantitative estimate of drug-likeness (QED) is 0.0164. The van der Waals surface area contributed by atoms with E-state index in [9.17, 15) is 45.3 Å². The van der Waals surface area contributed by atoms with Gasteiger partial charge in [0.2, 0.25) is 0 Å². The third-order valence-corrected chi connectivity index (χ3v) is 12.3. The molecule has 394 valence electrons. The van der Waals surface area contributed by atoms with Gasteiger partial charge in [0.25, 0.3) is 0 Å². The molecule has 67 heavy (non-hydrogen) atoms. The predicted octanol–water partition coefficient (Wildman–Crippen LogP) is 8.10. The molecule has 0 radical (unpaired) electrons. The summed E-state index contributed by atoms with van der Waals surface area (Å²) in [6.45, 7) is 3.32. The van der Waals surface area contributed by atoms with Crippen molar-refractivity contribution in [2.75, 3.05) is 26.4 Å². The Labute approximate surface area is 403 Å². The largest absolute Gasteiger partial charge is 0.481 e. The summed E-state index contributed by atoms with van der Waals surface area (Å²) < 4.78 is 27.1. The molecule has 15 nitrogen and oxygen atoms in total. The Balaban J connectivity index is 0.000000895. The number of esters is 1. The van der Waals surface area contributed by atoms with E-state index < -0.39 is 80.6 Å². The minimum Gasteiger partial charge on any atom is -0.481 e. The number of rotatable bonds is 40. The molecule has 2 aliphatic heterocycles. The molecule has 2 fully saturated rings. The van der Waals surface area contributed by atoms with Crippen LogP contribution in [0.2, 0.25) is 0 Å². The zero-order valence-electron chi connectivity index (χ0n) is 41.6. The van der Waals surface area contributed by atoms with Gasteiger partial charge in [-0.25, -0.2) is 0 Å². The maximum Gasteiger partial charge on any atom is 0.305 e. The molecule has 0 aromatic heterocycles. The van der Waals surface area contributed by atoms with Crippen molar-refractivity contribution in [2.45, 2.75) is 268 Å². The Morgan fingerprint density at radius 3 is 1.34 bits per heavy atom. The monoisotopic (exact) mass is 961 g/mol. The highest BCUT2D eigenvalue weighted by molar-refractivity contribution is 5.69. The van der Waals surface area contributed by atoms with E-state index in [-0.39, 0.29) is 19.2 Å². The van der Waals surface area contributed by atoms with E-state index >= 15 is 0 Å². The third-order valence-electron chi connectivity index (χ3n) is 12.3. The third kappa shape index (κ3) is 31.0. The van der Waals surface area contributed by atoms with Gasteiger partial charge in [-0.05, 0) is 64.2 Å². The van der Waals surface area contributed by atoms with Crippen LogP contribution < -0.4 is 0 Å². The minimum atomic E-state index is -1.74. The van der Waals surface area contributed by atoms with Gasteiger partial charge in [-0.1, -0.05) is 147 Å². The van der Waals surface area contributed by atoms with Crippen LogP contribution >= 0.6 is 0 Å². The lowest BCUT2D eigenvalue weighted by atomic mass is 9.97. The second-order valence-electron chi connectivity index (χ2n) is 18.4. The summed E-state index contributed by atoms with van der Waals surface area (Å²) in [7, 11) is 0. The maximum atomic E-state index is 12.0. The highest BCUT2D eigenvalue weighted by Gasteiger charge is 2.50. The molecule has 0 aromatic carbocycles. The number of aliphatic hydroxyl groups is 7. The first-order valence-corrected chi connectivity index (χ1v) is 26.4. The number of hydrogen-bond donors (Lipinski definition) is 8. The molecule has 8 N–H and O–H groups in total. The molecule has 15 heteroatoms. The molecule has 0 bridgehead atoms. The van der Waals surface area contributed by atoms with Crippen LogP contribution in [0.15, 0.2) is 24.3 Å². The van der Waals surface area contributed by atoms with Crippen LogP contribution in [0.5, 0.6) is 0 Å². The number of carboxylic acids is 1. The highest BCUT2D eigenvalue weighted by Crippen LogP contribution is 2.29. The van der Waals surface area contributed by atoms with Gasteiger partial charge >= 0.3 is 11.9 Å². The Bertz CT molecular complexity index is 1220. The summed E-state index contributed by atoms with van der Waals surface area (Å²) in [4.78, 5) is 22.4. The van der Waals surface area contributed by atoms with Gasteiger partial charge in [0.15, 0.2) is 12.6 Å². The van der Waals surface area contributed by atoms with Crippen molar-refractivity contribution < 1.29 is 74.1 Å². The zero-order valence-corrected chi connectivity index (χ0v) is 41.6. The Hall–Kier alpha value is -2.02. The SMILES string of the molecule is CCCCCCCCC=CCCCCCCCC(=O)OCCCOC1OC(CO)C(OC2OC(CO)C(O)C(O)C2O)C(O)C1O.CCCCCCCCC=CCCCCCCCCC(=O)O. The fraction of sp³-hybridized carbons (Fsp3) is 0.885. The topological polar surface area (TPSA) is 242 Å². The maximum absolute atomic E-state index is 12.0. The summed E-state index contributed by atoms with van der Waals surface area (Å²) >= 11 is 0. The van der Waals surface area contributed by atoms with E-state index in [0.717, 1.165) is 44.9 Å². The average molecular weight is 961 g/mol. The predicted molar refractivity (Wildman–Crippen MR) is 259 cm³/mol.